The predicted molar refractivity (Wildman–Crippen MR) is 116 cm³/mol. The standard InChI is InChI=1S/C20H25N7O.3H2/c1-20(2,3)19(28)23-12-8-9-27(11-12)15-10-22-17(21)16(26-15)18-24-13-6-4-5-7-14(13)25-18;;;/h4-7,10,12H,8-9,11H2,1-3H3,(H2,21,22)(H,23,28)(H,24,25);3*1H/t12-;;;/m0.../s1. The van der Waals surface area contributed by atoms with Gasteiger partial charge in [-0.2, -0.15) is 0 Å². The van der Waals surface area contributed by atoms with Gasteiger partial charge in [-0.15, -0.1) is 0 Å². The molecule has 0 unspecified atom stereocenters. The zero-order chi connectivity index (χ0) is 19.9. The third kappa shape index (κ3) is 3.49. The number of hydrogen-bond donors (Lipinski definition) is 3. The lowest BCUT2D eigenvalue weighted by atomic mass is 9.95. The molecule has 1 aliphatic rings. The Balaban J connectivity index is 0.00000160. The maximum Gasteiger partial charge on any atom is 0.225 e. The van der Waals surface area contributed by atoms with E-state index in [4.69, 9.17) is 10.7 Å². The molecule has 4 rings (SSSR count). The molecule has 1 saturated heterocycles. The number of imidazole rings is 1. The summed E-state index contributed by atoms with van der Waals surface area (Å²) in [5.74, 6) is 1.73. The monoisotopic (exact) mass is 385 g/mol. The molecular weight excluding hydrogens is 354 g/mol. The van der Waals surface area contributed by atoms with E-state index in [9.17, 15) is 4.79 Å². The summed E-state index contributed by atoms with van der Waals surface area (Å²) in [6.45, 7) is 7.24. The molecule has 4 N–H and O–H groups in total. The molecule has 8 nitrogen and oxygen atoms in total. The number of rotatable bonds is 3. The molecule has 28 heavy (non-hydrogen) atoms. The Bertz CT molecular complexity index is 1000. The van der Waals surface area contributed by atoms with Crippen LogP contribution in [0.2, 0.25) is 0 Å². The zero-order valence-corrected chi connectivity index (χ0v) is 16.4. The number of nitrogens with zero attached hydrogens (tertiary/aromatic N) is 4. The zero-order valence-electron chi connectivity index (χ0n) is 16.4. The highest BCUT2D eigenvalue weighted by molar-refractivity contribution is 5.82. The van der Waals surface area contributed by atoms with Crippen molar-refractivity contribution < 1.29 is 9.07 Å². The Labute approximate surface area is 168 Å². The fourth-order valence-corrected chi connectivity index (χ4v) is 3.27. The largest absolute Gasteiger partial charge is 0.382 e. The van der Waals surface area contributed by atoms with E-state index in [0.29, 0.717) is 23.9 Å². The number of aromatic amines is 1. The first-order valence-electron chi connectivity index (χ1n) is 9.45. The highest BCUT2D eigenvalue weighted by Gasteiger charge is 2.29. The van der Waals surface area contributed by atoms with Gasteiger partial charge in [0.2, 0.25) is 5.91 Å². The third-order valence-electron chi connectivity index (χ3n) is 4.93. The van der Waals surface area contributed by atoms with Crippen LogP contribution < -0.4 is 16.0 Å². The molecule has 2 aromatic heterocycles. The van der Waals surface area contributed by atoms with Crippen LogP contribution in [0.1, 0.15) is 31.5 Å². The van der Waals surface area contributed by atoms with Crippen LogP contribution in [0.25, 0.3) is 22.6 Å². The number of nitrogen functional groups attached to an aromatic ring is 1. The van der Waals surface area contributed by atoms with Crippen LogP contribution in [-0.4, -0.2) is 45.0 Å². The summed E-state index contributed by atoms with van der Waals surface area (Å²) in [6, 6.07) is 7.88. The van der Waals surface area contributed by atoms with Gasteiger partial charge in [-0.25, -0.2) is 15.0 Å². The van der Waals surface area contributed by atoms with Gasteiger partial charge in [-0.05, 0) is 18.6 Å². The second kappa shape index (κ2) is 6.78. The van der Waals surface area contributed by atoms with Crippen LogP contribution in [0.5, 0.6) is 0 Å². The number of carbonyl (C=O) groups is 1. The van der Waals surface area contributed by atoms with Gasteiger partial charge >= 0.3 is 0 Å². The molecule has 0 bridgehead atoms. The Morgan fingerprint density at radius 1 is 1.32 bits per heavy atom. The average Bonchev–Trinajstić information content (AvgIpc) is 3.28. The highest BCUT2D eigenvalue weighted by Crippen LogP contribution is 2.26. The van der Waals surface area contributed by atoms with E-state index in [1.165, 1.54) is 0 Å². The summed E-state index contributed by atoms with van der Waals surface area (Å²) < 4.78 is 0. The molecule has 0 saturated carbocycles. The maximum atomic E-state index is 12.2. The van der Waals surface area contributed by atoms with Crippen LogP contribution in [-0.2, 0) is 4.79 Å². The molecule has 0 spiro atoms. The first-order valence-corrected chi connectivity index (χ1v) is 9.45. The molecular formula is C20H31N7O. The Kier molecular flexibility index (Phi) is 4.41. The number of anilines is 2. The van der Waals surface area contributed by atoms with Crippen molar-refractivity contribution >= 4 is 28.6 Å². The van der Waals surface area contributed by atoms with Gasteiger partial charge in [0.15, 0.2) is 17.3 Å². The lowest BCUT2D eigenvalue weighted by Gasteiger charge is -2.22. The van der Waals surface area contributed by atoms with Crippen molar-refractivity contribution in [2.24, 2.45) is 5.41 Å². The second-order valence-corrected chi connectivity index (χ2v) is 8.22. The SMILES string of the molecule is CC(C)(C)C(=O)N[C@H]1CCN(c2cnc(N)c(-c3nc4ccccc4[nH]3)n2)C1.[HH].[HH].[HH]. The van der Waals surface area contributed by atoms with Crippen LogP contribution in [0.3, 0.4) is 0 Å². The molecule has 1 atom stereocenters. The molecule has 152 valence electrons. The highest BCUT2D eigenvalue weighted by atomic mass is 16.2. The minimum atomic E-state index is -0.400. The number of carbonyl (C=O) groups excluding carboxylic acids is 1. The summed E-state index contributed by atoms with van der Waals surface area (Å²) in [6.07, 6.45) is 2.54. The van der Waals surface area contributed by atoms with Crippen LogP contribution >= 0.6 is 0 Å². The van der Waals surface area contributed by atoms with E-state index in [2.05, 4.69) is 25.2 Å². The average molecular weight is 386 g/mol. The molecule has 3 aromatic rings. The second-order valence-electron chi connectivity index (χ2n) is 8.22. The third-order valence-corrected chi connectivity index (χ3v) is 4.93. The molecule has 8 heteroatoms. The van der Waals surface area contributed by atoms with E-state index in [-0.39, 0.29) is 16.2 Å². The molecule has 3 heterocycles. The molecule has 0 radical (unpaired) electrons. The molecule has 0 aliphatic carbocycles. The number of H-pyrrole nitrogens is 1. The summed E-state index contributed by atoms with van der Waals surface area (Å²) in [7, 11) is 0. The number of benzene rings is 1. The molecule has 1 aliphatic heterocycles. The fourth-order valence-electron chi connectivity index (χ4n) is 3.27. The van der Waals surface area contributed by atoms with Gasteiger partial charge in [-0.1, -0.05) is 32.9 Å². The number of aromatic nitrogens is 4. The van der Waals surface area contributed by atoms with Gasteiger partial charge < -0.3 is 20.9 Å². The van der Waals surface area contributed by atoms with Gasteiger partial charge in [0.1, 0.15) is 5.82 Å². The number of nitrogens with one attached hydrogen (secondary N) is 2. The topological polar surface area (TPSA) is 113 Å². The van der Waals surface area contributed by atoms with Crippen molar-refractivity contribution in [3.63, 3.8) is 0 Å². The van der Waals surface area contributed by atoms with Crippen molar-refractivity contribution in [3.05, 3.63) is 30.5 Å². The molecule has 1 fully saturated rings. The van der Waals surface area contributed by atoms with Crippen LogP contribution in [0.4, 0.5) is 11.6 Å². The van der Waals surface area contributed by atoms with E-state index in [1.54, 1.807) is 6.20 Å². The van der Waals surface area contributed by atoms with Crippen LogP contribution in [0.15, 0.2) is 30.5 Å². The van der Waals surface area contributed by atoms with Crippen molar-refractivity contribution in [1.82, 2.24) is 25.3 Å². The summed E-state index contributed by atoms with van der Waals surface area (Å²) in [5, 5.41) is 3.12. The van der Waals surface area contributed by atoms with Crippen molar-refractivity contribution in [3.8, 4) is 11.5 Å². The molecule has 1 amide bonds. The summed E-state index contributed by atoms with van der Waals surface area (Å²) >= 11 is 0. The van der Waals surface area contributed by atoms with Crippen LogP contribution in [0, 0.1) is 5.41 Å². The lowest BCUT2D eigenvalue weighted by Crippen LogP contribution is -2.43. The van der Waals surface area contributed by atoms with Gasteiger partial charge in [0.25, 0.3) is 0 Å². The Hall–Kier alpha value is -3.16. The van der Waals surface area contributed by atoms with Crippen molar-refractivity contribution in [1.29, 1.82) is 0 Å². The lowest BCUT2D eigenvalue weighted by molar-refractivity contribution is -0.129. The summed E-state index contributed by atoms with van der Waals surface area (Å²) in [5.41, 5.74) is 7.99. The van der Waals surface area contributed by atoms with Crippen molar-refractivity contribution in [2.45, 2.75) is 33.2 Å². The maximum absolute atomic E-state index is 12.2. The van der Waals surface area contributed by atoms with E-state index in [1.807, 2.05) is 45.0 Å². The smallest absolute Gasteiger partial charge is 0.225 e. The first-order chi connectivity index (χ1) is 13.3. The minimum absolute atomic E-state index is 0. The summed E-state index contributed by atoms with van der Waals surface area (Å²) in [4.78, 5) is 31.2. The van der Waals surface area contributed by atoms with E-state index in [0.717, 1.165) is 29.8 Å². The van der Waals surface area contributed by atoms with Gasteiger partial charge in [0.05, 0.1) is 17.2 Å². The fraction of sp³-hybridized carbons (Fsp3) is 0.400. The van der Waals surface area contributed by atoms with Crippen molar-refractivity contribution in [2.75, 3.05) is 23.7 Å². The van der Waals surface area contributed by atoms with Gasteiger partial charge in [0, 0.05) is 28.8 Å². The number of hydrogen-bond acceptors (Lipinski definition) is 6. The van der Waals surface area contributed by atoms with E-state index >= 15 is 0 Å². The van der Waals surface area contributed by atoms with Gasteiger partial charge in [-0.3, -0.25) is 4.79 Å². The minimum Gasteiger partial charge on any atom is -0.382 e. The van der Waals surface area contributed by atoms with E-state index < -0.39 is 5.41 Å². The number of fused-ring (bicyclic) bond motifs is 1. The number of nitrogens with two attached hydrogens (primary N) is 1. The molecule has 1 aromatic carbocycles. The number of para-hydroxylation sites is 2. The predicted octanol–water partition coefficient (Wildman–Crippen LogP) is 3.08. The quantitative estimate of drug-likeness (QED) is 0.638. The Morgan fingerprint density at radius 3 is 2.86 bits per heavy atom. The normalized spacial score (nSPS) is 17.2. The first kappa shape index (κ1) is 18.2. The number of amides is 1. The Morgan fingerprint density at radius 2 is 2.11 bits per heavy atom.